The highest BCUT2D eigenvalue weighted by Gasteiger charge is 2.43. The number of hydrogen-bond acceptors (Lipinski definition) is 8. The van der Waals surface area contributed by atoms with Gasteiger partial charge in [0, 0.05) is 12.1 Å². The van der Waals surface area contributed by atoms with E-state index in [1.807, 2.05) is 0 Å². The minimum Gasteiger partial charge on any atom is -0.381 e. The number of primary amides is 1. The van der Waals surface area contributed by atoms with E-state index in [1.165, 1.54) is 4.90 Å². The van der Waals surface area contributed by atoms with E-state index >= 15 is 0 Å². The molecule has 1 aliphatic heterocycles. The average Bonchev–Trinajstić information content (AvgIpc) is 3.59. The van der Waals surface area contributed by atoms with Gasteiger partial charge >= 0.3 is 0 Å². The number of aliphatic hydroxyl groups is 1. The molecule has 0 spiro atoms. The Morgan fingerprint density at radius 2 is 1.73 bits per heavy atom. The van der Waals surface area contributed by atoms with Crippen LogP contribution in [0.4, 0.5) is 0 Å². The van der Waals surface area contributed by atoms with E-state index in [0.29, 0.717) is 16.5 Å². The second-order valence-electron chi connectivity index (χ2n) is 12.1. The fraction of sp³-hybridized carbons (Fsp3) is 0.419. The molecular weight excluding hydrogens is 604 g/mol. The van der Waals surface area contributed by atoms with Gasteiger partial charge in [0.1, 0.15) is 12.1 Å². The standard InChI is InChI=1S/C31H37ClN6O7/c1-31(2,3)36-28(42)22-14-18(32)16-38(22)30(44)26(40)20(13-17-9-5-4-6-10-17)34-27(41)21(15-24(33)39)35-29(43)25-19-11-7-8-12-23(19)45-37-25/h4-12,18,20-22,26,40H,13-16H2,1-3H3,(H2,33,39)(H,34,41)(H,35,43)(H,36,42)/t18-,20-,21-,22-,26-/m0/s1. The van der Waals surface area contributed by atoms with Crippen molar-refractivity contribution >= 4 is 52.1 Å². The van der Waals surface area contributed by atoms with Gasteiger partial charge in [-0.2, -0.15) is 0 Å². The highest BCUT2D eigenvalue weighted by molar-refractivity contribution is 6.21. The normalized spacial score (nSPS) is 18.6. The van der Waals surface area contributed by atoms with Crippen LogP contribution in [0.15, 0.2) is 59.1 Å². The molecule has 45 heavy (non-hydrogen) atoms. The number of fused-ring (bicyclic) bond motifs is 1. The molecule has 1 saturated heterocycles. The van der Waals surface area contributed by atoms with Crippen molar-refractivity contribution in [2.75, 3.05) is 6.54 Å². The van der Waals surface area contributed by atoms with Gasteiger partial charge in [0.15, 0.2) is 17.4 Å². The number of hydrogen-bond donors (Lipinski definition) is 5. The molecule has 4 rings (SSSR count). The molecule has 0 bridgehead atoms. The monoisotopic (exact) mass is 640 g/mol. The predicted molar refractivity (Wildman–Crippen MR) is 165 cm³/mol. The summed E-state index contributed by atoms with van der Waals surface area (Å²) in [6.45, 7) is 5.42. The zero-order valence-electron chi connectivity index (χ0n) is 25.2. The molecule has 6 N–H and O–H groups in total. The van der Waals surface area contributed by atoms with Crippen molar-refractivity contribution in [3.8, 4) is 0 Å². The van der Waals surface area contributed by atoms with Gasteiger partial charge < -0.3 is 36.2 Å². The maximum Gasteiger partial charge on any atom is 0.274 e. The molecule has 1 fully saturated rings. The zero-order chi connectivity index (χ0) is 32.9. The maximum absolute atomic E-state index is 13.7. The van der Waals surface area contributed by atoms with Crippen molar-refractivity contribution in [3.63, 3.8) is 0 Å². The Balaban J connectivity index is 1.57. The molecule has 2 aromatic carbocycles. The largest absolute Gasteiger partial charge is 0.381 e. The molecule has 5 amide bonds. The third-order valence-electron chi connectivity index (χ3n) is 7.21. The number of para-hydroxylation sites is 1. The van der Waals surface area contributed by atoms with Crippen LogP contribution in [0.2, 0.25) is 0 Å². The van der Waals surface area contributed by atoms with Crippen molar-refractivity contribution in [1.29, 1.82) is 0 Å². The summed E-state index contributed by atoms with van der Waals surface area (Å²) >= 11 is 6.36. The number of rotatable bonds is 11. The van der Waals surface area contributed by atoms with Crippen LogP contribution in [0.1, 0.15) is 49.7 Å². The summed E-state index contributed by atoms with van der Waals surface area (Å²) in [6.07, 6.45) is -2.21. The lowest BCUT2D eigenvalue weighted by molar-refractivity contribution is -0.147. The van der Waals surface area contributed by atoms with E-state index in [9.17, 15) is 29.1 Å². The lowest BCUT2D eigenvalue weighted by Gasteiger charge is -2.32. The fourth-order valence-electron chi connectivity index (χ4n) is 5.15. The van der Waals surface area contributed by atoms with E-state index in [4.69, 9.17) is 21.9 Å². The highest BCUT2D eigenvalue weighted by Crippen LogP contribution is 2.25. The van der Waals surface area contributed by atoms with E-state index in [2.05, 4.69) is 21.1 Å². The second kappa shape index (κ2) is 14.1. The number of aromatic nitrogens is 1. The predicted octanol–water partition coefficient (Wildman–Crippen LogP) is 1.01. The highest BCUT2D eigenvalue weighted by atomic mass is 35.5. The number of carbonyl (C=O) groups is 5. The Labute approximate surface area is 264 Å². The molecule has 0 radical (unpaired) electrons. The molecular formula is C31H37ClN6O7. The molecule has 14 heteroatoms. The number of likely N-dealkylation sites (tertiary alicyclic amines) is 1. The van der Waals surface area contributed by atoms with Crippen LogP contribution in [0.5, 0.6) is 0 Å². The molecule has 0 saturated carbocycles. The van der Waals surface area contributed by atoms with Crippen LogP contribution < -0.4 is 21.7 Å². The van der Waals surface area contributed by atoms with Crippen molar-refractivity contribution in [3.05, 3.63) is 65.9 Å². The molecule has 0 aliphatic carbocycles. The number of alkyl halides is 1. The number of amides is 5. The van der Waals surface area contributed by atoms with Crippen LogP contribution >= 0.6 is 11.6 Å². The third kappa shape index (κ3) is 8.58. The number of nitrogens with zero attached hydrogens (tertiary/aromatic N) is 2. The summed E-state index contributed by atoms with van der Waals surface area (Å²) in [5, 5.41) is 23.0. The fourth-order valence-corrected chi connectivity index (χ4v) is 5.47. The minimum absolute atomic E-state index is 0.00163. The average molecular weight is 641 g/mol. The topological polar surface area (TPSA) is 197 Å². The summed E-state index contributed by atoms with van der Waals surface area (Å²) in [5.74, 6) is -3.77. The summed E-state index contributed by atoms with van der Waals surface area (Å²) in [4.78, 5) is 66.6. The van der Waals surface area contributed by atoms with Crippen molar-refractivity contribution in [1.82, 2.24) is 26.0 Å². The number of nitrogens with two attached hydrogens (primary N) is 1. The molecule has 1 aromatic heterocycles. The first-order valence-electron chi connectivity index (χ1n) is 14.5. The van der Waals surface area contributed by atoms with E-state index in [-0.39, 0.29) is 25.1 Å². The maximum atomic E-state index is 13.7. The molecule has 5 atom stereocenters. The van der Waals surface area contributed by atoms with Crippen LogP contribution in [0.3, 0.4) is 0 Å². The van der Waals surface area contributed by atoms with Gasteiger partial charge in [0.05, 0.1) is 23.2 Å². The second-order valence-corrected chi connectivity index (χ2v) is 12.7. The number of halogens is 1. The van der Waals surface area contributed by atoms with Crippen LogP contribution in [0, 0.1) is 0 Å². The third-order valence-corrected chi connectivity index (χ3v) is 7.53. The van der Waals surface area contributed by atoms with Gasteiger partial charge in [0.2, 0.25) is 17.7 Å². The lowest BCUT2D eigenvalue weighted by atomic mass is 9.99. The number of nitrogens with one attached hydrogen (secondary N) is 3. The van der Waals surface area contributed by atoms with Crippen molar-refractivity contribution in [2.45, 2.75) is 75.2 Å². The quantitative estimate of drug-likeness (QED) is 0.191. The van der Waals surface area contributed by atoms with Gasteiger partial charge in [-0.1, -0.05) is 47.6 Å². The van der Waals surface area contributed by atoms with Gasteiger partial charge in [0.25, 0.3) is 11.8 Å². The number of benzene rings is 2. The SMILES string of the molecule is CC(C)(C)NC(=O)[C@@H]1C[C@H](Cl)CN1C(=O)[C@@H](O)[C@H](Cc1ccccc1)NC(=O)[C@H](CC(N)=O)NC(=O)c1noc2ccccc12. The Morgan fingerprint density at radius 1 is 1.07 bits per heavy atom. The number of aliphatic hydroxyl groups excluding tert-OH is 1. The molecule has 240 valence electrons. The Morgan fingerprint density at radius 3 is 2.40 bits per heavy atom. The van der Waals surface area contributed by atoms with Gasteiger partial charge in [-0.05, 0) is 51.3 Å². The van der Waals surface area contributed by atoms with Gasteiger partial charge in [-0.25, -0.2) is 0 Å². The Bertz CT molecular complexity index is 1560. The van der Waals surface area contributed by atoms with E-state index in [0.717, 1.165) is 0 Å². The summed E-state index contributed by atoms with van der Waals surface area (Å²) in [6, 6.07) is 11.8. The summed E-state index contributed by atoms with van der Waals surface area (Å²) in [5.41, 5.74) is 5.74. The molecule has 2 heterocycles. The van der Waals surface area contributed by atoms with Crippen molar-refractivity contribution < 1.29 is 33.6 Å². The Hall–Kier alpha value is -4.49. The first-order chi connectivity index (χ1) is 21.2. The summed E-state index contributed by atoms with van der Waals surface area (Å²) < 4.78 is 5.17. The lowest BCUT2D eigenvalue weighted by Crippen LogP contribution is -2.59. The van der Waals surface area contributed by atoms with E-state index in [1.54, 1.807) is 75.4 Å². The van der Waals surface area contributed by atoms with Gasteiger partial charge in [-0.15, -0.1) is 11.6 Å². The smallest absolute Gasteiger partial charge is 0.274 e. The molecule has 3 aromatic rings. The molecule has 1 aliphatic rings. The van der Waals surface area contributed by atoms with E-state index < -0.39 is 71.1 Å². The van der Waals surface area contributed by atoms with Crippen molar-refractivity contribution in [2.24, 2.45) is 5.73 Å². The van der Waals surface area contributed by atoms with Crippen LogP contribution in [-0.2, 0) is 25.6 Å². The number of carbonyl (C=O) groups excluding carboxylic acids is 5. The van der Waals surface area contributed by atoms with Gasteiger partial charge in [-0.3, -0.25) is 24.0 Å². The molecule has 0 unspecified atom stereocenters. The first kappa shape index (κ1) is 33.4. The van der Waals surface area contributed by atoms with Crippen LogP contribution in [0.25, 0.3) is 11.0 Å². The summed E-state index contributed by atoms with van der Waals surface area (Å²) in [7, 11) is 0. The minimum atomic E-state index is -1.81. The molecule has 13 nitrogen and oxygen atoms in total. The Kier molecular flexibility index (Phi) is 10.5. The zero-order valence-corrected chi connectivity index (χ0v) is 25.9. The first-order valence-corrected chi connectivity index (χ1v) is 14.9. The van der Waals surface area contributed by atoms with Crippen LogP contribution in [-0.4, -0.2) is 86.4 Å².